The lowest BCUT2D eigenvalue weighted by molar-refractivity contribution is 0.0946. The van der Waals surface area contributed by atoms with E-state index in [4.69, 9.17) is 4.52 Å². The SMILES string of the molecule is CS(=O)(=O)c1cccc(C(=O)NCc2nc(-c3cccs3)no2)c1. The van der Waals surface area contributed by atoms with Crippen LogP contribution in [0.4, 0.5) is 0 Å². The first-order valence-corrected chi connectivity index (χ1v) is 9.65. The summed E-state index contributed by atoms with van der Waals surface area (Å²) < 4.78 is 28.2. The summed E-state index contributed by atoms with van der Waals surface area (Å²) in [6, 6.07) is 9.58. The van der Waals surface area contributed by atoms with Gasteiger partial charge in [0.1, 0.15) is 0 Å². The van der Waals surface area contributed by atoms with E-state index in [-0.39, 0.29) is 22.9 Å². The fourth-order valence-corrected chi connectivity index (χ4v) is 3.27. The molecule has 2 aromatic heterocycles. The molecule has 0 spiro atoms. The van der Waals surface area contributed by atoms with Crippen LogP contribution in [0.1, 0.15) is 16.2 Å². The number of carbonyl (C=O) groups is 1. The van der Waals surface area contributed by atoms with E-state index in [1.165, 1.54) is 35.6 Å². The van der Waals surface area contributed by atoms with Gasteiger partial charge in [0.05, 0.1) is 16.3 Å². The molecule has 0 saturated heterocycles. The van der Waals surface area contributed by atoms with Gasteiger partial charge in [0.25, 0.3) is 5.91 Å². The van der Waals surface area contributed by atoms with Gasteiger partial charge >= 0.3 is 0 Å². The van der Waals surface area contributed by atoms with Crippen LogP contribution in [0, 0.1) is 0 Å². The van der Waals surface area contributed by atoms with E-state index in [1.807, 2.05) is 17.5 Å². The zero-order valence-corrected chi connectivity index (χ0v) is 14.2. The Labute approximate surface area is 142 Å². The summed E-state index contributed by atoms with van der Waals surface area (Å²) in [5.41, 5.74) is 0.246. The van der Waals surface area contributed by atoms with Crippen LogP contribution >= 0.6 is 11.3 Å². The molecule has 7 nitrogen and oxygen atoms in total. The van der Waals surface area contributed by atoms with Crippen molar-refractivity contribution in [3.8, 4) is 10.7 Å². The van der Waals surface area contributed by atoms with Crippen molar-refractivity contribution in [1.82, 2.24) is 15.5 Å². The highest BCUT2D eigenvalue weighted by molar-refractivity contribution is 7.90. The molecule has 0 aliphatic heterocycles. The van der Waals surface area contributed by atoms with Crippen molar-refractivity contribution >= 4 is 27.1 Å². The molecule has 0 aliphatic carbocycles. The maximum absolute atomic E-state index is 12.1. The normalized spacial score (nSPS) is 11.4. The van der Waals surface area contributed by atoms with Gasteiger partial charge in [0.2, 0.25) is 11.7 Å². The topological polar surface area (TPSA) is 102 Å². The van der Waals surface area contributed by atoms with Gasteiger partial charge in [-0.15, -0.1) is 11.3 Å². The summed E-state index contributed by atoms with van der Waals surface area (Å²) in [6.07, 6.45) is 1.09. The number of benzene rings is 1. The van der Waals surface area contributed by atoms with E-state index >= 15 is 0 Å². The second-order valence-electron chi connectivity index (χ2n) is 4.97. The molecule has 1 N–H and O–H groups in total. The maximum Gasteiger partial charge on any atom is 0.251 e. The molecular weight excluding hydrogens is 350 g/mol. The number of nitrogens with zero attached hydrogens (tertiary/aromatic N) is 2. The number of thiophene rings is 1. The van der Waals surface area contributed by atoms with Crippen LogP contribution in [0.25, 0.3) is 10.7 Å². The summed E-state index contributed by atoms with van der Waals surface area (Å²) in [6.45, 7) is 0.0559. The average molecular weight is 363 g/mol. The van der Waals surface area contributed by atoms with E-state index in [0.717, 1.165) is 11.1 Å². The number of aromatic nitrogens is 2. The minimum absolute atomic E-state index is 0.0559. The first kappa shape index (κ1) is 16.3. The molecule has 24 heavy (non-hydrogen) atoms. The van der Waals surface area contributed by atoms with E-state index in [9.17, 15) is 13.2 Å². The van der Waals surface area contributed by atoms with Crippen LogP contribution in [-0.2, 0) is 16.4 Å². The fourth-order valence-electron chi connectivity index (χ4n) is 1.96. The lowest BCUT2D eigenvalue weighted by Gasteiger charge is -2.04. The molecular formula is C15H13N3O4S2. The molecule has 1 amide bonds. The van der Waals surface area contributed by atoms with Gasteiger partial charge in [-0.05, 0) is 29.6 Å². The average Bonchev–Trinajstić information content (AvgIpc) is 3.23. The number of nitrogens with one attached hydrogen (secondary N) is 1. The van der Waals surface area contributed by atoms with Gasteiger partial charge in [-0.2, -0.15) is 4.98 Å². The molecule has 1 aromatic carbocycles. The second kappa shape index (κ2) is 6.54. The van der Waals surface area contributed by atoms with Crippen LogP contribution in [-0.4, -0.2) is 30.7 Å². The molecule has 124 valence electrons. The number of rotatable bonds is 5. The highest BCUT2D eigenvalue weighted by Gasteiger charge is 2.13. The maximum atomic E-state index is 12.1. The lowest BCUT2D eigenvalue weighted by Crippen LogP contribution is -2.23. The third-order valence-electron chi connectivity index (χ3n) is 3.13. The first-order chi connectivity index (χ1) is 11.4. The lowest BCUT2D eigenvalue weighted by atomic mass is 10.2. The van der Waals surface area contributed by atoms with Gasteiger partial charge in [0.15, 0.2) is 9.84 Å². The Bertz CT molecular complexity index is 962. The number of amides is 1. The summed E-state index contributed by atoms with van der Waals surface area (Å²) in [4.78, 5) is 17.3. The van der Waals surface area contributed by atoms with E-state index < -0.39 is 15.7 Å². The quantitative estimate of drug-likeness (QED) is 0.745. The van der Waals surface area contributed by atoms with Crippen LogP contribution in [0.3, 0.4) is 0 Å². The Morgan fingerprint density at radius 1 is 1.29 bits per heavy atom. The fraction of sp³-hybridized carbons (Fsp3) is 0.133. The predicted octanol–water partition coefficient (Wildman–Crippen LogP) is 2.13. The molecule has 3 rings (SSSR count). The Balaban J connectivity index is 1.68. The molecule has 0 fully saturated rings. The molecule has 0 unspecified atom stereocenters. The van der Waals surface area contributed by atoms with Gasteiger partial charge in [-0.3, -0.25) is 4.79 Å². The van der Waals surface area contributed by atoms with Gasteiger partial charge < -0.3 is 9.84 Å². The number of hydrogen-bond donors (Lipinski definition) is 1. The summed E-state index contributed by atoms with van der Waals surface area (Å²) in [5.74, 6) is 0.315. The largest absolute Gasteiger partial charge is 0.343 e. The van der Waals surface area contributed by atoms with Gasteiger partial charge in [-0.1, -0.05) is 17.3 Å². The Hall–Kier alpha value is -2.52. The highest BCUT2D eigenvalue weighted by Crippen LogP contribution is 2.21. The minimum Gasteiger partial charge on any atom is -0.343 e. The third-order valence-corrected chi connectivity index (χ3v) is 5.11. The van der Waals surface area contributed by atoms with Crippen molar-refractivity contribution < 1.29 is 17.7 Å². The Kier molecular flexibility index (Phi) is 4.45. The molecule has 2 heterocycles. The zero-order valence-electron chi connectivity index (χ0n) is 12.6. The van der Waals surface area contributed by atoms with E-state index in [1.54, 1.807) is 0 Å². The van der Waals surface area contributed by atoms with Gasteiger partial charge in [0, 0.05) is 11.8 Å². The van der Waals surface area contributed by atoms with E-state index in [2.05, 4.69) is 15.5 Å². The molecule has 0 bridgehead atoms. The van der Waals surface area contributed by atoms with Crippen molar-refractivity contribution in [2.45, 2.75) is 11.4 Å². The van der Waals surface area contributed by atoms with E-state index in [0.29, 0.717) is 5.82 Å². The summed E-state index contributed by atoms with van der Waals surface area (Å²) in [7, 11) is -3.37. The van der Waals surface area contributed by atoms with Crippen molar-refractivity contribution in [3.05, 3.63) is 53.2 Å². The van der Waals surface area contributed by atoms with Gasteiger partial charge in [-0.25, -0.2) is 8.42 Å². The van der Waals surface area contributed by atoms with Crippen LogP contribution in [0.15, 0.2) is 51.2 Å². The number of sulfone groups is 1. The Morgan fingerprint density at radius 3 is 2.83 bits per heavy atom. The first-order valence-electron chi connectivity index (χ1n) is 6.88. The van der Waals surface area contributed by atoms with Crippen molar-refractivity contribution in [2.75, 3.05) is 6.26 Å². The monoisotopic (exact) mass is 363 g/mol. The number of carbonyl (C=O) groups excluding carboxylic acids is 1. The zero-order chi connectivity index (χ0) is 17.2. The molecule has 0 aliphatic rings. The second-order valence-corrected chi connectivity index (χ2v) is 7.94. The smallest absolute Gasteiger partial charge is 0.251 e. The standard InChI is InChI=1S/C15H13N3O4S2/c1-24(20,21)11-5-2-4-10(8-11)15(19)16-9-13-17-14(18-22-13)12-6-3-7-23-12/h2-8H,9H2,1H3,(H,16,19). The molecule has 0 atom stereocenters. The molecule has 0 radical (unpaired) electrons. The van der Waals surface area contributed by atoms with Crippen molar-refractivity contribution in [2.24, 2.45) is 0 Å². The molecule has 0 saturated carbocycles. The highest BCUT2D eigenvalue weighted by atomic mass is 32.2. The Morgan fingerprint density at radius 2 is 2.12 bits per heavy atom. The minimum atomic E-state index is -3.37. The van der Waals surface area contributed by atoms with Crippen LogP contribution < -0.4 is 5.32 Å². The molecule has 3 aromatic rings. The van der Waals surface area contributed by atoms with Crippen molar-refractivity contribution in [1.29, 1.82) is 0 Å². The van der Waals surface area contributed by atoms with Crippen LogP contribution in [0.2, 0.25) is 0 Å². The van der Waals surface area contributed by atoms with Crippen LogP contribution in [0.5, 0.6) is 0 Å². The predicted molar refractivity (Wildman–Crippen MR) is 88.3 cm³/mol. The third kappa shape index (κ3) is 3.69. The number of hydrogen-bond acceptors (Lipinski definition) is 7. The van der Waals surface area contributed by atoms with Crippen molar-refractivity contribution in [3.63, 3.8) is 0 Å². The summed E-state index contributed by atoms with van der Waals surface area (Å²) >= 11 is 1.49. The molecule has 9 heteroatoms. The summed E-state index contributed by atoms with van der Waals surface area (Å²) in [5, 5.41) is 8.38.